The topological polar surface area (TPSA) is 37.5 Å². The van der Waals surface area contributed by atoms with Gasteiger partial charge in [0, 0.05) is 26.9 Å². The minimum absolute atomic E-state index is 0.628. The van der Waals surface area contributed by atoms with Crippen LogP contribution in [0.25, 0.3) is 21.9 Å². The number of hydrogen-bond acceptors (Lipinski definition) is 3. The predicted molar refractivity (Wildman–Crippen MR) is 121 cm³/mol. The molecule has 4 heteroatoms. The van der Waals surface area contributed by atoms with Crippen LogP contribution in [0, 0.1) is 0 Å². The summed E-state index contributed by atoms with van der Waals surface area (Å²) in [6, 6.07) is 31.9. The van der Waals surface area contributed by atoms with E-state index >= 15 is 0 Å². The number of hydrazone groups is 1. The largest absolute Gasteiger partial charge is 0.454 e. The average molecular weight is 397 g/mol. The molecule has 140 valence electrons. The van der Waals surface area contributed by atoms with Gasteiger partial charge in [-0.2, -0.15) is 5.10 Å². The molecule has 0 unspecified atom stereocenters. The van der Waals surface area contributed by atoms with Gasteiger partial charge in [0.25, 0.3) is 0 Å². The maximum absolute atomic E-state index is 6.40. The molecule has 4 aromatic carbocycles. The van der Waals surface area contributed by atoms with Gasteiger partial charge < -0.3 is 4.42 Å². The van der Waals surface area contributed by atoms with Gasteiger partial charge in [-0.05, 0) is 18.2 Å². The zero-order valence-electron chi connectivity index (χ0n) is 15.5. The number of rotatable bonds is 4. The van der Waals surface area contributed by atoms with Gasteiger partial charge in [-0.1, -0.05) is 90.5 Å². The van der Waals surface area contributed by atoms with Crippen LogP contribution >= 0.6 is 11.6 Å². The van der Waals surface area contributed by atoms with Gasteiger partial charge >= 0.3 is 0 Å². The van der Waals surface area contributed by atoms with Crippen molar-refractivity contribution < 1.29 is 4.42 Å². The maximum atomic E-state index is 6.40. The zero-order chi connectivity index (χ0) is 19.6. The monoisotopic (exact) mass is 396 g/mol. The summed E-state index contributed by atoms with van der Waals surface area (Å²) < 4.78 is 6.09. The van der Waals surface area contributed by atoms with E-state index in [1.54, 1.807) is 0 Å². The first-order valence-electron chi connectivity index (χ1n) is 9.35. The van der Waals surface area contributed by atoms with Crippen LogP contribution in [0.2, 0.25) is 5.02 Å². The standard InChI is InChI=1S/C25H17ClN2O/c26-19-15-21-20-13-7-8-14-23(20)29-25(21)22(16-19)27-28-24(17-9-3-1-4-10-17)18-11-5-2-6-12-18/h1-16,27H. The number of benzene rings is 4. The number of anilines is 1. The van der Waals surface area contributed by atoms with Crippen LogP contribution in [0.15, 0.2) is 107 Å². The number of fused-ring (bicyclic) bond motifs is 3. The van der Waals surface area contributed by atoms with Crippen molar-refractivity contribution in [3.63, 3.8) is 0 Å². The first kappa shape index (κ1) is 17.5. The summed E-state index contributed by atoms with van der Waals surface area (Å²) in [5.41, 5.74) is 8.37. The Kier molecular flexibility index (Phi) is 4.51. The van der Waals surface area contributed by atoms with E-state index in [9.17, 15) is 0 Å². The van der Waals surface area contributed by atoms with Crippen molar-refractivity contribution in [2.75, 3.05) is 5.43 Å². The molecule has 0 amide bonds. The molecule has 3 nitrogen and oxygen atoms in total. The summed E-state index contributed by atoms with van der Waals surface area (Å²) in [7, 11) is 0. The molecule has 0 radical (unpaired) electrons. The lowest BCUT2D eigenvalue weighted by atomic mass is 10.0. The summed E-state index contributed by atoms with van der Waals surface area (Å²) >= 11 is 6.40. The van der Waals surface area contributed by atoms with E-state index in [4.69, 9.17) is 21.1 Å². The van der Waals surface area contributed by atoms with Gasteiger partial charge in [0.05, 0.1) is 5.71 Å². The number of hydrogen-bond donors (Lipinski definition) is 1. The normalized spacial score (nSPS) is 10.9. The van der Waals surface area contributed by atoms with Gasteiger partial charge in [0.2, 0.25) is 0 Å². The minimum Gasteiger partial charge on any atom is -0.454 e. The van der Waals surface area contributed by atoms with Crippen molar-refractivity contribution in [3.05, 3.63) is 113 Å². The molecule has 0 saturated heterocycles. The second-order valence-corrected chi connectivity index (χ2v) is 7.17. The summed E-state index contributed by atoms with van der Waals surface area (Å²) in [6.07, 6.45) is 0. The van der Waals surface area contributed by atoms with Crippen LogP contribution < -0.4 is 5.43 Å². The number of nitrogens with one attached hydrogen (secondary N) is 1. The summed E-state index contributed by atoms with van der Waals surface area (Å²) in [4.78, 5) is 0. The van der Waals surface area contributed by atoms with Crippen molar-refractivity contribution in [2.45, 2.75) is 0 Å². The Morgan fingerprint density at radius 3 is 2.03 bits per heavy atom. The highest BCUT2D eigenvalue weighted by molar-refractivity contribution is 6.32. The van der Waals surface area contributed by atoms with Crippen molar-refractivity contribution >= 4 is 44.9 Å². The van der Waals surface area contributed by atoms with Gasteiger partial charge in [-0.15, -0.1) is 0 Å². The third kappa shape index (κ3) is 3.37. The van der Waals surface area contributed by atoms with Crippen molar-refractivity contribution in [3.8, 4) is 0 Å². The highest BCUT2D eigenvalue weighted by Gasteiger charge is 2.13. The Hall–Kier alpha value is -3.56. The molecule has 1 aromatic heterocycles. The molecule has 5 rings (SSSR count). The van der Waals surface area contributed by atoms with Crippen molar-refractivity contribution in [1.29, 1.82) is 0 Å². The minimum atomic E-state index is 0.628. The SMILES string of the molecule is Clc1cc(NN=C(c2ccccc2)c2ccccc2)c2oc3ccccc3c2c1. The van der Waals surface area contributed by atoms with Gasteiger partial charge in [0.1, 0.15) is 11.3 Å². The molecule has 0 aliphatic heterocycles. The number of nitrogens with zero attached hydrogens (tertiary/aromatic N) is 1. The lowest BCUT2D eigenvalue weighted by Crippen LogP contribution is -2.06. The zero-order valence-corrected chi connectivity index (χ0v) is 16.2. The highest BCUT2D eigenvalue weighted by atomic mass is 35.5. The third-order valence-corrected chi connectivity index (χ3v) is 5.04. The molecule has 0 aliphatic carbocycles. The molecule has 1 heterocycles. The number of furan rings is 1. The summed E-state index contributed by atoms with van der Waals surface area (Å²) in [5, 5.41) is 7.37. The highest BCUT2D eigenvalue weighted by Crippen LogP contribution is 2.36. The molecular formula is C25H17ClN2O. The molecule has 0 aliphatic rings. The fraction of sp³-hybridized carbons (Fsp3) is 0. The van der Waals surface area contributed by atoms with Crippen LogP contribution in [0.4, 0.5) is 5.69 Å². The molecular weight excluding hydrogens is 380 g/mol. The van der Waals surface area contributed by atoms with Crippen molar-refractivity contribution in [2.24, 2.45) is 5.10 Å². The number of halogens is 1. The first-order chi connectivity index (χ1) is 14.3. The summed E-state index contributed by atoms with van der Waals surface area (Å²) in [5.74, 6) is 0. The van der Waals surface area contributed by atoms with Crippen LogP contribution in [0.1, 0.15) is 11.1 Å². The quantitative estimate of drug-likeness (QED) is 0.260. The second-order valence-electron chi connectivity index (χ2n) is 6.73. The fourth-order valence-electron chi connectivity index (χ4n) is 3.48. The van der Waals surface area contributed by atoms with E-state index in [1.807, 2.05) is 97.1 Å². The number of para-hydroxylation sites is 1. The Labute approximate surface area is 173 Å². The van der Waals surface area contributed by atoms with E-state index in [2.05, 4.69) is 5.43 Å². The van der Waals surface area contributed by atoms with Crippen LogP contribution in [0.5, 0.6) is 0 Å². The smallest absolute Gasteiger partial charge is 0.160 e. The van der Waals surface area contributed by atoms with E-state index in [0.29, 0.717) is 5.02 Å². The second kappa shape index (κ2) is 7.46. The van der Waals surface area contributed by atoms with E-state index in [-0.39, 0.29) is 0 Å². The average Bonchev–Trinajstić information content (AvgIpc) is 3.14. The molecule has 1 N–H and O–H groups in total. The Morgan fingerprint density at radius 2 is 1.34 bits per heavy atom. The maximum Gasteiger partial charge on any atom is 0.160 e. The van der Waals surface area contributed by atoms with Gasteiger partial charge in [-0.25, -0.2) is 0 Å². The van der Waals surface area contributed by atoms with E-state index in [1.165, 1.54) is 0 Å². The summed E-state index contributed by atoms with van der Waals surface area (Å²) in [6.45, 7) is 0. The molecule has 29 heavy (non-hydrogen) atoms. The van der Waals surface area contributed by atoms with Crippen molar-refractivity contribution in [1.82, 2.24) is 0 Å². The molecule has 0 bridgehead atoms. The van der Waals surface area contributed by atoms with Crippen LogP contribution in [-0.4, -0.2) is 5.71 Å². The molecule has 0 spiro atoms. The lowest BCUT2D eigenvalue weighted by Gasteiger charge is -2.09. The Balaban J connectivity index is 1.64. The fourth-order valence-corrected chi connectivity index (χ4v) is 3.70. The Morgan fingerprint density at radius 1 is 0.724 bits per heavy atom. The predicted octanol–water partition coefficient (Wildman–Crippen LogP) is 7.10. The lowest BCUT2D eigenvalue weighted by molar-refractivity contribution is 0.670. The van der Waals surface area contributed by atoms with E-state index < -0.39 is 0 Å². The van der Waals surface area contributed by atoms with Crippen LogP contribution in [-0.2, 0) is 0 Å². The van der Waals surface area contributed by atoms with Crippen LogP contribution in [0.3, 0.4) is 0 Å². The third-order valence-electron chi connectivity index (χ3n) is 4.83. The molecule has 0 saturated carbocycles. The van der Waals surface area contributed by atoms with Gasteiger partial charge in [0.15, 0.2) is 5.58 Å². The van der Waals surface area contributed by atoms with E-state index in [0.717, 1.165) is 44.5 Å². The van der Waals surface area contributed by atoms with Gasteiger partial charge in [-0.3, -0.25) is 5.43 Å². The molecule has 5 aromatic rings. The molecule has 0 atom stereocenters. The molecule has 0 fully saturated rings. The Bertz CT molecular complexity index is 1280. The first-order valence-corrected chi connectivity index (χ1v) is 9.73.